The van der Waals surface area contributed by atoms with Gasteiger partial charge in [0.15, 0.2) is 0 Å². The van der Waals surface area contributed by atoms with E-state index >= 15 is 0 Å². The van der Waals surface area contributed by atoms with E-state index in [2.05, 4.69) is 10.6 Å². The first-order valence-electron chi connectivity index (χ1n) is 6.93. The smallest absolute Gasteiger partial charge is 0.329 e. The predicted octanol–water partition coefficient (Wildman–Crippen LogP) is 2.84. The molecule has 5 nitrogen and oxygen atoms in total. The molecule has 20 heavy (non-hydrogen) atoms. The van der Waals surface area contributed by atoms with Crippen molar-refractivity contribution >= 4 is 12.0 Å². The van der Waals surface area contributed by atoms with Crippen molar-refractivity contribution in [1.29, 1.82) is 0 Å². The van der Waals surface area contributed by atoms with Crippen LogP contribution in [0.2, 0.25) is 0 Å². The summed E-state index contributed by atoms with van der Waals surface area (Å²) in [6.45, 7) is 16.7. The molecular formula is C15H30N2O3. The van der Waals surface area contributed by atoms with Crippen molar-refractivity contribution in [3.8, 4) is 0 Å². The summed E-state index contributed by atoms with van der Waals surface area (Å²) >= 11 is 0. The van der Waals surface area contributed by atoms with E-state index in [9.17, 15) is 9.59 Å². The van der Waals surface area contributed by atoms with Gasteiger partial charge in [-0.2, -0.15) is 0 Å². The molecule has 0 spiro atoms. The van der Waals surface area contributed by atoms with Crippen LogP contribution in [0.1, 0.15) is 62.3 Å². The first kappa shape index (κ1) is 18.7. The highest BCUT2D eigenvalue weighted by atomic mass is 16.6. The number of ether oxygens (including phenoxy) is 1. The maximum atomic E-state index is 12.2. The van der Waals surface area contributed by atoms with Crippen molar-refractivity contribution in [1.82, 2.24) is 10.6 Å². The van der Waals surface area contributed by atoms with E-state index < -0.39 is 23.0 Å². The van der Waals surface area contributed by atoms with Gasteiger partial charge >= 0.3 is 12.0 Å². The number of amides is 2. The van der Waals surface area contributed by atoms with Gasteiger partial charge in [-0.3, -0.25) is 0 Å². The van der Waals surface area contributed by atoms with Crippen molar-refractivity contribution < 1.29 is 14.3 Å². The summed E-state index contributed by atoms with van der Waals surface area (Å²) in [6.07, 6.45) is 0. The van der Waals surface area contributed by atoms with Crippen LogP contribution < -0.4 is 10.6 Å². The Morgan fingerprint density at radius 3 is 1.65 bits per heavy atom. The van der Waals surface area contributed by atoms with E-state index in [1.165, 1.54) is 0 Å². The maximum Gasteiger partial charge on any atom is 0.329 e. The van der Waals surface area contributed by atoms with Gasteiger partial charge in [0.2, 0.25) is 0 Å². The minimum Gasteiger partial charge on any atom is -0.458 e. The summed E-state index contributed by atoms with van der Waals surface area (Å²) in [5.41, 5.74) is -1.37. The Labute approximate surface area is 122 Å². The van der Waals surface area contributed by atoms with Crippen LogP contribution in [0.25, 0.3) is 0 Å². The molecule has 5 heteroatoms. The van der Waals surface area contributed by atoms with E-state index in [1.54, 1.807) is 20.8 Å². The second-order valence-corrected chi connectivity index (χ2v) is 8.18. The minimum absolute atomic E-state index is 0.361. The van der Waals surface area contributed by atoms with Gasteiger partial charge in [-0.05, 0) is 47.0 Å². The van der Waals surface area contributed by atoms with Crippen LogP contribution in [-0.4, -0.2) is 29.2 Å². The van der Waals surface area contributed by atoms with Gasteiger partial charge in [0, 0.05) is 5.54 Å². The molecule has 0 aliphatic carbocycles. The van der Waals surface area contributed by atoms with Gasteiger partial charge in [0.1, 0.15) is 11.6 Å². The van der Waals surface area contributed by atoms with Crippen molar-refractivity contribution in [2.45, 2.75) is 79.5 Å². The fourth-order valence-corrected chi connectivity index (χ4v) is 1.50. The Hall–Kier alpha value is -1.26. The molecule has 118 valence electrons. The summed E-state index contributed by atoms with van der Waals surface area (Å²) in [5, 5.41) is 5.49. The Morgan fingerprint density at radius 2 is 1.35 bits per heavy atom. The molecule has 2 amide bonds. The molecule has 0 aliphatic heterocycles. The number of carbonyl (C=O) groups is 2. The van der Waals surface area contributed by atoms with Crippen molar-refractivity contribution in [3.63, 3.8) is 0 Å². The number of hydrogen-bond acceptors (Lipinski definition) is 3. The summed E-state index contributed by atoms with van der Waals surface area (Å²) in [7, 11) is 0. The molecule has 0 bridgehead atoms. The fourth-order valence-electron chi connectivity index (χ4n) is 1.50. The fraction of sp³-hybridized carbons (Fsp3) is 0.867. The van der Waals surface area contributed by atoms with E-state index in [0.717, 1.165) is 0 Å². The Bertz CT molecular complexity index is 357. The van der Waals surface area contributed by atoms with Crippen LogP contribution in [-0.2, 0) is 9.53 Å². The SMILES string of the molecule is CC(C)(C)NC(=O)N[C@H](C(=O)OC(C)(C)C)C(C)(C)C. The first-order valence-corrected chi connectivity index (χ1v) is 6.93. The molecule has 0 rings (SSSR count). The van der Waals surface area contributed by atoms with Crippen LogP contribution in [0.5, 0.6) is 0 Å². The molecule has 2 N–H and O–H groups in total. The van der Waals surface area contributed by atoms with E-state index in [1.807, 2.05) is 41.5 Å². The zero-order valence-corrected chi connectivity index (χ0v) is 14.3. The van der Waals surface area contributed by atoms with Crippen molar-refractivity contribution in [2.24, 2.45) is 5.41 Å². The van der Waals surface area contributed by atoms with Crippen LogP contribution in [0.15, 0.2) is 0 Å². The summed E-state index contributed by atoms with van der Waals surface area (Å²) in [4.78, 5) is 24.2. The van der Waals surface area contributed by atoms with E-state index in [-0.39, 0.29) is 11.6 Å². The highest BCUT2D eigenvalue weighted by molar-refractivity contribution is 5.84. The number of rotatable bonds is 2. The zero-order chi connectivity index (χ0) is 16.4. The predicted molar refractivity (Wildman–Crippen MR) is 80.5 cm³/mol. The summed E-state index contributed by atoms with van der Waals surface area (Å²) in [5.74, 6) is -0.422. The third kappa shape index (κ3) is 8.02. The molecule has 0 saturated heterocycles. The standard InChI is InChI=1S/C15H30N2O3/c1-13(2,3)10(11(18)20-15(7,8)9)16-12(19)17-14(4,5)6/h10H,1-9H3,(H2,16,17,19)/t10-/m1/s1. The monoisotopic (exact) mass is 286 g/mol. The Morgan fingerprint density at radius 1 is 0.900 bits per heavy atom. The topological polar surface area (TPSA) is 67.4 Å². The molecule has 0 aromatic rings. The normalized spacial score (nSPS) is 14.4. The van der Waals surface area contributed by atoms with E-state index in [4.69, 9.17) is 4.74 Å². The minimum atomic E-state index is -0.705. The van der Waals surface area contributed by atoms with Crippen molar-refractivity contribution in [3.05, 3.63) is 0 Å². The van der Waals surface area contributed by atoms with Gasteiger partial charge in [-0.25, -0.2) is 9.59 Å². The number of esters is 1. The number of nitrogens with one attached hydrogen (secondary N) is 2. The molecule has 0 radical (unpaired) electrons. The molecule has 0 saturated carbocycles. The lowest BCUT2D eigenvalue weighted by atomic mass is 9.86. The molecular weight excluding hydrogens is 256 g/mol. The summed E-state index contributed by atoms with van der Waals surface area (Å²) < 4.78 is 5.38. The summed E-state index contributed by atoms with van der Waals surface area (Å²) in [6, 6.07) is -1.08. The third-order valence-electron chi connectivity index (χ3n) is 2.27. The number of carbonyl (C=O) groups excluding carboxylic acids is 2. The molecule has 0 aromatic carbocycles. The van der Waals surface area contributed by atoms with Crippen LogP contribution >= 0.6 is 0 Å². The van der Waals surface area contributed by atoms with Gasteiger partial charge < -0.3 is 15.4 Å². The second kappa shape index (κ2) is 6.02. The molecule has 0 aromatic heterocycles. The maximum absolute atomic E-state index is 12.2. The Kier molecular flexibility index (Phi) is 5.64. The van der Waals surface area contributed by atoms with Crippen LogP contribution in [0.3, 0.4) is 0 Å². The second-order valence-electron chi connectivity index (χ2n) is 8.18. The average Bonchev–Trinajstić information content (AvgIpc) is 2.05. The van der Waals surface area contributed by atoms with E-state index in [0.29, 0.717) is 0 Å². The molecule has 0 fully saturated rings. The largest absolute Gasteiger partial charge is 0.458 e. The van der Waals surface area contributed by atoms with Gasteiger partial charge in [-0.1, -0.05) is 20.8 Å². The number of urea groups is 1. The lowest BCUT2D eigenvalue weighted by molar-refractivity contribution is -0.160. The van der Waals surface area contributed by atoms with Gasteiger partial charge in [-0.15, -0.1) is 0 Å². The lowest BCUT2D eigenvalue weighted by Crippen LogP contribution is -2.56. The Balaban J connectivity index is 4.93. The quantitative estimate of drug-likeness (QED) is 0.767. The lowest BCUT2D eigenvalue weighted by Gasteiger charge is -2.33. The van der Waals surface area contributed by atoms with Crippen LogP contribution in [0, 0.1) is 5.41 Å². The molecule has 0 aliphatic rings. The molecule has 1 atom stereocenters. The highest BCUT2D eigenvalue weighted by Crippen LogP contribution is 2.22. The highest BCUT2D eigenvalue weighted by Gasteiger charge is 2.36. The van der Waals surface area contributed by atoms with Crippen LogP contribution in [0.4, 0.5) is 4.79 Å². The molecule has 0 heterocycles. The number of hydrogen-bond donors (Lipinski definition) is 2. The van der Waals surface area contributed by atoms with Crippen molar-refractivity contribution in [2.75, 3.05) is 0 Å². The molecule has 0 unspecified atom stereocenters. The first-order chi connectivity index (χ1) is 8.62. The zero-order valence-electron chi connectivity index (χ0n) is 14.3. The average molecular weight is 286 g/mol. The van der Waals surface area contributed by atoms with Gasteiger partial charge in [0.05, 0.1) is 0 Å². The van der Waals surface area contributed by atoms with Gasteiger partial charge in [0.25, 0.3) is 0 Å². The third-order valence-corrected chi connectivity index (χ3v) is 2.27.